The lowest BCUT2D eigenvalue weighted by Crippen LogP contribution is -2.36. The van der Waals surface area contributed by atoms with Crippen LogP contribution in [0.1, 0.15) is 28.2 Å². The Hall–Kier alpha value is -3.52. The predicted molar refractivity (Wildman–Crippen MR) is 119 cm³/mol. The van der Waals surface area contributed by atoms with Gasteiger partial charge >= 0.3 is 0 Å². The molecule has 31 heavy (non-hydrogen) atoms. The molecule has 1 saturated heterocycles. The summed E-state index contributed by atoms with van der Waals surface area (Å²) in [6.45, 7) is 3.98. The Bertz CT molecular complexity index is 1210. The van der Waals surface area contributed by atoms with Crippen molar-refractivity contribution in [3.05, 3.63) is 69.8 Å². The van der Waals surface area contributed by atoms with Crippen molar-refractivity contribution in [3.63, 3.8) is 0 Å². The van der Waals surface area contributed by atoms with E-state index < -0.39 is 0 Å². The smallest absolute Gasteiger partial charge is 0.271 e. The van der Waals surface area contributed by atoms with Crippen LogP contribution in [0, 0.1) is 0 Å². The van der Waals surface area contributed by atoms with Gasteiger partial charge in [-0.15, -0.1) is 0 Å². The van der Waals surface area contributed by atoms with E-state index in [-0.39, 0.29) is 11.5 Å². The number of hydrazone groups is 1. The molecular weight excluding hydrogens is 394 g/mol. The third-order valence-corrected chi connectivity index (χ3v) is 5.73. The van der Waals surface area contributed by atoms with Gasteiger partial charge in [-0.1, -0.05) is 12.1 Å². The molecule has 0 aliphatic carbocycles. The van der Waals surface area contributed by atoms with Crippen molar-refractivity contribution < 1.29 is 9.53 Å². The summed E-state index contributed by atoms with van der Waals surface area (Å²) in [5.41, 5.74) is 5.52. The van der Waals surface area contributed by atoms with Crippen LogP contribution in [-0.2, 0) is 17.7 Å². The van der Waals surface area contributed by atoms with E-state index in [2.05, 4.69) is 20.4 Å². The Morgan fingerprint density at radius 1 is 1.10 bits per heavy atom. The first-order chi connectivity index (χ1) is 15.2. The zero-order valence-electron chi connectivity index (χ0n) is 17.1. The maximum atomic E-state index is 12.5. The lowest BCUT2D eigenvalue weighted by atomic mass is 10.1. The number of amides is 1. The number of carbonyl (C=O) groups excluding carboxylic acids is 1. The maximum absolute atomic E-state index is 12.5. The minimum atomic E-state index is -0.342. The Morgan fingerprint density at radius 2 is 1.90 bits per heavy atom. The summed E-state index contributed by atoms with van der Waals surface area (Å²) >= 11 is 0. The van der Waals surface area contributed by atoms with E-state index in [9.17, 15) is 9.59 Å². The summed E-state index contributed by atoms with van der Waals surface area (Å²) < 4.78 is 7.10. The van der Waals surface area contributed by atoms with Crippen molar-refractivity contribution in [1.29, 1.82) is 0 Å². The molecule has 0 bridgehead atoms. The summed E-state index contributed by atoms with van der Waals surface area (Å²) in [4.78, 5) is 31.9. The lowest BCUT2D eigenvalue weighted by molar-refractivity contribution is 0.0955. The number of aromatic nitrogens is 2. The molecule has 8 nitrogen and oxygen atoms in total. The number of anilines is 1. The number of ether oxygens (including phenoxy) is 1. The molecule has 0 atom stereocenters. The molecule has 8 heteroatoms. The van der Waals surface area contributed by atoms with Crippen molar-refractivity contribution in [2.75, 3.05) is 31.2 Å². The van der Waals surface area contributed by atoms with Gasteiger partial charge in [-0.25, -0.2) is 10.4 Å². The highest BCUT2D eigenvalue weighted by Crippen LogP contribution is 2.17. The molecule has 2 aromatic carbocycles. The second kappa shape index (κ2) is 8.31. The predicted octanol–water partition coefficient (Wildman–Crippen LogP) is 1.94. The molecule has 1 fully saturated rings. The average molecular weight is 417 g/mol. The van der Waals surface area contributed by atoms with Gasteiger partial charge in [0.25, 0.3) is 11.5 Å². The number of morpholine rings is 1. The molecule has 5 rings (SSSR count). The van der Waals surface area contributed by atoms with E-state index >= 15 is 0 Å². The van der Waals surface area contributed by atoms with Crippen molar-refractivity contribution in [2.24, 2.45) is 5.10 Å². The monoisotopic (exact) mass is 417 g/mol. The fraction of sp³-hybridized carbons (Fsp3) is 0.304. The van der Waals surface area contributed by atoms with E-state index in [1.165, 1.54) is 0 Å². The number of aryl methyl sites for hydroxylation is 1. The number of rotatable bonds is 4. The van der Waals surface area contributed by atoms with Gasteiger partial charge in [0.05, 0.1) is 30.3 Å². The third-order valence-electron chi connectivity index (χ3n) is 5.73. The summed E-state index contributed by atoms with van der Waals surface area (Å²) in [5.74, 6) is 0.444. The van der Waals surface area contributed by atoms with Gasteiger partial charge in [0, 0.05) is 37.3 Å². The number of hydrogen-bond donors (Lipinski definition) is 1. The number of benzene rings is 2. The first kappa shape index (κ1) is 19.4. The summed E-state index contributed by atoms with van der Waals surface area (Å²) in [6.07, 6.45) is 3.32. The molecule has 3 aromatic rings. The second-order valence-corrected chi connectivity index (χ2v) is 7.71. The zero-order chi connectivity index (χ0) is 21.2. The number of hydrogen-bond acceptors (Lipinski definition) is 6. The van der Waals surface area contributed by atoms with Gasteiger partial charge in [-0.3, -0.25) is 14.2 Å². The molecule has 0 spiro atoms. The van der Waals surface area contributed by atoms with Crippen LogP contribution in [0.3, 0.4) is 0 Å². The van der Waals surface area contributed by atoms with Crippen molar-refractivity contribution >= 4 is 28.7 Å². The highest BCUT2D eigenvalue weighted by atomic mass is 16.5. The molecule has 1 N–H and O–H groups in total. The van der Waals surface area contributed by atoms with Crippen LogP contribution in [0.2, 0.25) is 0 Å². The number of nitrogens with one attached hydrogen (secondary N) is 1. The summed E-state index contributed by atoms with van der Waals surface area (Å²) in [5, 5.41) is 4.60. The Labute approximate surface area is 179 Å². The Kier molecular flexibility index (Phi) is 5.21. The van der Waals surface area contributed by atoms with E-state index in [1.807, 2.05) is 24.3 Å². The number of nitrogens with zero attached hydrogens (tertiary/aromatic N) is 4. The van der Waals surface area contributed by atoms with Crippen molar-refractivity contribution in [1.82, 2.24) is 15.0 Å². The van der Waals surface area contributed by atoms with Gasteiger partial charge in [0.15, 0.2) is 0 Å². The van der Waals surface area contributed by atoms with Crippen LogP contribution >= 0.6 is 0 Å². The van der Waals surface area contributed by atoms with Crippen LogP contribution in [0.4, 0.5) is 5.69 Å². The van der Waals surface area contributed by atoms with Gasteiger partial charge in [-0.2, -0.15) is 5.10 Å². The molecule has 0 radical (unpaired) electrons. The Balaban J connectivity index is 1.27. The molecule has 2 aliphatic rings. The quantitative estimate of drug-likeness (QED) is 0.518. The molecule has 2 aliphatic heterocycles. The fourth-order valence-electron chi connectivity index (χ4n) is 4.05. The van der Waals surface area contributed by atoms with Crippen LogP contribution in [0.5, 0.6) is 0 Å². The van der Waals surface area contributed by atoms with Gasteiger partial charge in [0.2, 0.25) is 0 Å². The van der Waals surface area contributed by atoms with E-state index in [0.29, 0.717) is 23.0 Å². The number of carbonyl (C=O) groups is 1. The lowest BCUT2D eigenvalue weighted by Gasteiger charge is -2.28. The highest BCUT2D eigenvalue weighted by Gasteiger charge is 2.17. The van der Waals surface area contributed by atoms with Crippen molar-refractivity contribution in [3.8, 4) is 0 Å². The van der Waals surface area contributed by atoms with Crippen LogP contribution in [0.15, 0.2) is 52.4 Å². The first-order valence-electron chi connectivity index (χ1n) is 10.5. The first-order valence-corrected chi connectivity index (χ1v) is 10.5. The summed E-state index contributed by atoms with van der Waals surface area (Å²) in [7, 11) is 0. The van der Waals surface area contributed by atoms with Crippen LogP contribution < -0.4 is 15.9 Å². The van der Waals surface area contributed by atoms with E-state index in [0.717, 1.165) is 56.2 Å². The molecular formula is C23H23N5O3. The van der Waals surface area contributed by atoms with Crippen LogP contribution in [0.25, 0.3) is 10.9 Å². The topological polar surface area (TPSA) is 88.8 Å². The van der Waals surface area contributed by atoms with Gasteiger partial charge in [0.1, 0.15) is 5.82 Å². The molecule has 1 amide bonds. The van der Waals surface area contributed by atoms with E-state index in [1.54, 1.807) is 29.0 Å². The number of fused-ring (bicyclic) bond motifs is 2. The minimum absolute atomic E-state index is 0.0389. The largest absolute Gasteiger partial charge is 0.378 e. The third kappa shape index (κ3) is 3.94. The minimum Gasteiger partial charge on any atom is -0.378 e. The van der Waals surface area contributed by atoms with Crippen LogP contribution in [-0.4, -0.2) is 48.0 Å². The molecule has 0 unspecified atom stereocenters. The fourth-order valence-corrected chi connectivity index (χ4v) is 4.05. The SMILES string of the molecule is O=C(N/N=C\c1ccc(N2CCOCC2)cc1)c1ccc2c(=O)n3c(nc2c1)CCC3. The molecule has 158 valence electrons. The van der Waals surface area contributed by atoms with Crippen molar-refractivity contribution in [2.45, 2.75) is 19.4 Å². The molecule has 1 aromatic heterocycles. The van der Waals surface area contributed by atoms with E-state index in [4.69, 9.17) is 4.74 Å². The maximum Gasteiger partial charge on any atom is 0.271 e. The average Bonchev–Trinajstić information content (AvgIpc) is 3.29. The second-order valence-electron chi connectivity index (χ2n) is 7.71. The molecule has 0 saturated carbocycles. The standard InChI is InChI=1S/C23H23N5O3/c29-22(17-5-8-19-20(14-17)25-21-2-1-9-28(21)23(19)30)26-24-15-16-3-6-18(7-4-16)27-10-12-31-13-11-27/h3-8,14-15H,1-2,9-13H2,(H,26,29)/b24-15-. The highest BCUT2D eigenvalue weighted by molar-refractivity contribution is 5.98. The summed E-state index contributed by atoms with van der Waals surface area (Å²) in [6, 6.07) is 13.0. The normalized spacial score (nSPS) is 16.1. The zero-order valence-corrected chi connectivity index (χ0v) is 17.1. The van der Waals surface area contributed by atoms with Gasteiger partial charge in [-0.05, 0) is 42.3 Å². The molecule has 3 heterocycles. The Morgan fingerprint density at radius 3 is 2.71 bits per heavy atom. The van der Waals surface area contributed by atoms with Gasteiger partial charge < -0.3 is 9.64 Å².